The molecule has 0 unspecified atom stereocenters. The molecule has 0 aliphatic carbocycles. The predicted molar refractivity (Wildman–Crippen MR) is 75.8 cm³/mol. The van der Waals surface area contributed by atoms with Gasteiger partial charge in [0.15, 0.2) is 0 Å². The molecule has 0 aliphatic heterocycles. The number of pyridine rings is 1. The zero-order valence-electron chi connectivity index (χ0n) is 10.0. The molecule has 0 bridgehead atoms. The minimum absolute atomic E-state index is 0.888. The van der Waals surface area contributed by atoms with E-state index in [9.17, 15) is 0 Å². The van der Waals surface area contributed by atoms with Crippen LogP contribution in [0.3, 0.4) is 0 Å². The lowest BCUT2D eigenvalue weighted by Gasteiger charge is -2.23. The van der Waals surface area contributed by atoms with Gasteiger partial charge in [-0.3, -0.25) is 0 Å². The third-order valence-electron chi connectivity index (χ3n) is 2.62. The Balaban J connectivity index is 2.44. The first-order valence-corrected chi connectivity index (χ1v) is 6.46. The van der Waals surface area contributed by atoms with Crippen molar-refractivity contribution < 1.29 is 0 Å². The maximum atomic E-state index is 4.43. The standard InChI is InChI=1S/C14H15BrN2/c1-3-17(12-7-4-6-11(2)10-12)14-13(15)8-5-9-16-14/h4-10H,3H2,1-2H3. The minimum atomic E-state index is 0.888. The molecule has 17 heavy (non-hydrogen) atoms. The molecule has 88 valence electrons. The summed E-state index contributed by atoms with van der Waals surface area (Å²) in [6.07, 6.45) is 1.82. The number of rotatable bonds is 3. The van der Waals surface area contributed by atoms with Crippen molar-refractivity contribution in [2.45, 2.75) is 13.8 Å². The molecule has 2 rings (SSSR count). The zero-order chi connectivity index (χ0) is 12.3. The summed E-state index contributed by atoms with van der Waals surface area (Å²) >= 11 is 3.55. The third kappa shape index (κ3) is 2.67. The highest BCUT2D eigenvalue weighted by Gasteiger charge is 2.11. The van der Waals surface area contributed by atoms with Crippen LogP contribution in [0.4, 0.5) is 11.5 Å². The highest BCUT2D eigenvalue weighted by Crippen LogP contribution is 2.29. The van der Waals surface area contributed by atoms with Gasteiger partial charge in [0.2, 0.25) is 0 Å². The summed E-state index contributed by atoms with van der Waals surface area (Å²) in [7, 11) is 0. The molecule has 0 saturated carbocycles. The normalized spacial score (nSPS) is 10.3. The first-order valence-electron chi connectivity index (χ1n) is 5.67. The summed E-state index contributed by atoms with van der Waals surface area (Å²) in [6, 6.07) is 12.4. The number of hydrogen-bond donors (Lipinski definition) is 0. The summed E-state index contributed by atoms with van der Waals surface area (Å²) < 4.78 is 1.02. The molecule has 1 aromatic heterocycles. The van der Waals surface area contributed by atoms with Crippen LogP contribution in [0.25, 0.3) is 0 Å². The molecule has 0 amide bonds. The summed E-state index contributed by atoms with van der Waals surface area (Å²) in [6.45, 7) is 5.12. The highest BCUT2D eigenvalue weighted by molar-refractivity contribution is 9.10. The molecule has 2 aromatic rings. The van der Waals surface area contributed by atoms with Gasteiger partial charge in [-0.15, -0.1) is 0 Å². The zero-order valence-corrected chi connectivity index (χ0v) is 11.6. The Hall–Kier alpha value is -1.35. The Labute approximate surface area is 110 Å². The Morgan fingerprint density at radius 1 is 1.24 bits per heavy atom. The van der Waals surface area contributed by atoms with E-state index in [4.69, 9.17) is 0 Å². The first kappa shape index (κ1) is 12.1. The van der Waals surface area contributed by atoms with E-state index in [0.29, 0.717) is 0 Å². The molecule has 0 saturated heterocycles. The van der Waals surface area contributed by atoms with Crippen LogP contribution in [0.15, 0.2) is 47.1 Å². The van der Waals surface area contributed by atoms with Gasteiger partial charge in [0.25, 0.3) is 0 Å². The molecule has 1 heterocycles. The van der Waals surface area contributed by atoms with Crippen LogP contribution in [0.2, 0.25) is 0 Å². The monoisotopic (exact) mass is 290 g/mol. The predicted octanol–water partition coefficient (Wildman–Crippen LogP) is 4.31. The summed E-state index contributed by atoms with van der Waals surface area (Å²) in [5.41, 5.74) is 2.43. The van der Waals surface area contributed by atoms with E-state index < -0.39 is 0 Å². The lowest BCUT2D eigenvalue weighted by atomic mass is 10.2. The molecule has 0 spiro atoms. The number of aryl methyl sites for hydroxylation is 1. The second-order valence-corrected chi connectivity index (χ2v) is 4.75. The third-order valence-corrected chi connectivity index (χ3v) is 3.24. The summed E-state index contributed by atoms with van der Waals surface area (Å²) in [5.74, 6) is 0.959. The van der Waals surface area contributed by atoms with E-state index in [1.807, 2.05) is 18.3 Å². The molecule has 0 fully saturated rings. The van der Waals surface area contributed by atoms with Crippen molar-refractivity contribution in [3.63, 3.8) is 0 Å². The van der Waals surface area contributed by atoms with Crippen molar-refractivity contribution in [1.82, 2.24) is 4.98 Å². The van der Waals surface area contributed by atoms with Crippen LogP contribution in [-0.4, -0.2) is 11.5 Å². The van der Waals surface area contributed by atoms with Gasteiger partial charge in [0, 0.05) is 18.4 Å². The number of nitrogens with zero attached hydrogens (tertiary/aromatic N) is 2. The minimum Gasteiger partial charge on any atom is -0.326 e. The largest absolute Gasteiger partial charge is 0.326 e. The van der Waals surface area contributed by atoms with Crippen LogP contribution in [0.1, 0.15) is 12.5 Å². The molecule has 1 aromatic carbocycles. The van der Waals surface area contributed by atoms with Gasteiger partial charge in [0.1, 0.15) is 5.82 Å². The Morgan fingerprint density at radius 2 is 2.06 bits per heavy atom. The molecule has 2 nitrogen and oxygen atoms in total. The fourth-order valence-electron chi connectivity index (χ4n) is 1.83. The van der Waals surface area contributed by atoms with Crippen LogP contribution in [-0.2, 0) is 0 Å². The highest BCUT2D eigenvalue weighted by atomic mass is 79.9. The van der Waals surface area contributed by atoms with Crippen molar-refractivity contribution in [2.24, 2.45) is 0 Å². The van der Waals surface area contributed by atoms with Crippen LogP contribution in [0.5, 0.6) is 0 Å². The van der Waals surface area contributed by atoms with Crippen LogP contribution < -0.4 is 4.90 Å². The van der Waals surface area contributed by atoms with Crippen molar-refractivity contribution in [1.29, 1.82) is 0 Å². The Bertz CT molecular complexity index is 511. The van der Waals surface area contributed by atoms with Crippen LogP contribution in [0, 0.1) is 6.92 Å². The number of anilines is 2. The molecular formula is C14H15BrN2. The molecule has 0 aliphatic rings. The average Bonchev–Trinajstić information content (AvgIpc) is 2.33. The van der Waals surface area contributed by atoms with Gasteiger partial charge in [0.05, 0.1) is 4.47 Å². The van der Waals surface area contributed by atoms with Gasteiger partial charge in [-0.2, -0.15) is 0 Å². The molecule has 0 N–H and O–H groups in total. The van der Waals surface area contributed by atoms with Gasteiger partial charge in [-0.1, -0.05) is 12.1 Å². The maximum absolute atomic E-state index is 4.43. The topological polar surface area (TPSA) is 16.1 Å². The van der Waals surface area contributed by atoms with Crippen molar-refractivity contribution in [2.75, 3.05) is 11.4 Å². The smallest absolute Gasteiger partial charge is 0.147 e. The van der Waals surface area contributed by atoms with Crippen molar-refractivity contribution in [3.8, 4) is 0 Å². The van der Waals surface area contributed by atoms with E-state index in [2.05, 4.69) is 63.9 Å². The lowest BCUT2D eigenvalue weighted by molar-refractivity contribution is 0.983. The quantitative estimate of drug-likeness (QED) is 0.837. The molecule has 3 heteroatoms. The van der Waals surface area contributed by atoms with Crippen molar-refractivity contribution in [3.05, 3.63) is 52.6 Å². The fraction of sp³-hybridized carbons (Fsp3) is 0.214. The van der Waals surface area contributed by atoms with Gasteiger partial charge in [-0.05, 0) is 59.6 Å². The van der Waals surface area contributed by atoms with Gasteiger partial charge >= 0.3 is 0 Å². The number of aromatic nitrogens is 1. The number of hydrogen-bond acceptors (Lipinski definition) is 2. The van der Waals surface area contributed by atoms with E-state index >= 15 is 0 Å². The Kier molecular flexibility index (Phi) is 3.79. The van der Waals surface area contributed by atoms with E-state index in [-0.39, 0.29) is 0 Å². The fourth-order valence-corrected chi connectivity index (χ4v) is 2.30. The average molecular weight is 291 g/mol. The lowest BCUT2D eigenvalue weighted by Crippen LogP contribution is -2.17. The van der Waals surface area contributed by atoms with Crippen molar-refractivity contribution >= 4 is 27.4 Å². The van der Waals surface area contributed by atoms with E-state index in [1.165, 1.54) is 11.3 Å². The first-order chi connectivity index (χ1) is 8.22. The van der Waals surface area contributed by atoms with Crippen LogP contribution >= 0.6 is 15.9 Å². The number of benzene rings is 1. The summed E-state index contributed by atoms with van der Waals surface area (Å²) in [5, 5.41) is 0. The van der Waals surface area contributed by atoms with E-state index in [1.54, 1.807) is 0 Å². The second kappa shape index (κ2) is 5.32. The molecule has 0 atom stereocenters. The van der Waals surface area contributed by atoms with Gasteiger partial charge in [-0.25, -0.2) is 4.98 Å². The second-order valence-electron chi connectivity index (χ2n) is 3.89. The molecular weight excluding hydrogens is 276 g/mol. The summed E-state index contributed by atoms with van der Waals surface area (Å²) in [4.78, 5) is 6.63. The molecule has 0 radical (unpaired) electrons. The van der Waals surface area contributed by atoms with E-state index in [0.717, 1.165) is 16.8 Å². The maximum Gasteiger partial charge on any atom is 0.147 e. The number of halogens is 1. The van der Waals surface area contributed by atoms with Gasteiger partial charge < -0.3 is 4.90 Å². The SMILES string of the molecule is CCN(c1cccc(C)c1)c1ncccc1Br. The Morgan fingerprint density at radius 3 is 2.71 bits per heavy atom.